The van der Waals surface area contributed by atoms with Gasteiger partial charge in [0.05, 0.1) is 14.2 Å². The Morgan fingerprint density at radius 3 is 2.28 bits per heavy atom. The molecule has 0 aromatic heterocycles. The number of carbonyl (C=O) groups is 2. The van der Waals surface area contributed by atoms with Crippen molar-refractivity contribution in [3.8, 4) is 11.5 Å². The lowest BCUT2D eigenvalue weighted by Crippen LogP contribution is -2.41. The van der Waals surface area contributed by atoms with Crippen molar-refractivity contribution in [2.24, 2.45) is 5.92 Å². The largest absolute Gasteiger partial charge is 0.493 e. The standard InChI is InChI=1S/C19H28N2O4/c1-24-16-8-7-15(13-17(16)25-2)10-12-21-19(23)18(22)20-11-9-14-5-3-4-6-14/h7-8,13-14H,3-6,9-12H2,1-2H3,(H,20,22)(H,21,23). The molecule has 6 nitrogen and oxygen atoms in total. The Morgan fingerprint density at radius 1 is 1.00 bits per heavy atom. The van der Waals surface area contributed by atoms with Crippen LogP contribution in [-0.4, -0.2) is 39.1 Å². The number of benzene rings is 1. The highest BCUT2D eigenvalue weighted by molar-refractivity contribution is 6.35. The highest BCUT2D eigenvalue weighted by Gasteiger charge is 2.16. The molecule has 1 fully saturated rings. The van der Waals surface area contributed by atoms with Crippen LogP contribution in [0.3, 0.4) is 0 Å². The van der Waals surface area contributed by atoms with E-state index in [-0.39, 0.29) is 0 Å². The van der Waals surface area contributed by atoms with E-state index >= 15 is 0 Å². The minimum absolute atomic E-state index is 0.393. The summed E-state index contributed by atoms with van der Waals surface area (Å²) in [4.78, 5) is 23.6. The van der Waals surface area contributed by atoms with Crippen molar-refractivity contribution in [1.82, 2.24) is 10.6 Å². The summed E-state index contributed by atoms with van der Waals surface area (Å²) in [5, 5.41) is 5.36. The number of rotatable bonds is 8. The van der Waals surface area contributed by atoms with Gasteiger partial charge in [-0.05, 0) is 36.5 Å². The van der Waals surface area contributed by atoms with E-state index in [0.717, 1.165) is 12.0 Å². The second-order valence-electron chi connectivity index (χ2n) is 6.39. The van der Waals surface area contributed by atoms with Crippen LogP contribution in [0.4, 0.5) is 0 Å². The van der Waals surface area contributed by atoms with Crippen molar-refractivity contribution >= 4 is 11.8 Å². The lowest BCUT2D eigenvalue weighted by atomic mass is 10.0. The van der Waals surface area contributed by atoms with E-state index in [2.05, 4.69) is 10.6 Å². The molecule has 0 saturated heterocycles. The molecule has 0 spiro atoms. The van der Waals surface area contributed by atoms with Gasteiger partial charge >= 0.3 is 11.8 Å². The molecular formula is C19H28N2O4. The predicted octanol–water partition coefficient (Wildman–Crippen LogP) is 2.06. The summed E-state index contributed by atoms with van der Waals surface area (Å²) in [6, 6.07) is 5.60. The summed E-state index contributed by atoms with van der Waals surface area (Å²) in [6.45, 7) is 0.969. The summed E-state index contributed by atoms with van der Waals surface area (Å²) in [7, 11) is 3.17. The number of hydrogen-bond acceptors (Lipinski definition) is 4. The molecule has 1 aromatic carbocycles. The van der Waals surface area contributed by atoms with Crippen molar-refractivity contribution < 1.29 is 19.1 Å². The first kappa shape index (κ1) is 19.1. The zero-order valence-corrected chi connectivity index (χ0v) is 15.1. The molecular weight excluding hydrogens is 320 g/mol. The van der Waals surface area contributed by atoms with Crippen LogP contribution in [0, 0.1) is 5.92 Å². The number of ether oxygens (including phenoxy) is 2. The molecule has 2 rings (SSSR count). The van der Waals surface area contributed by atoms with E-state index in [1.807, 2.05) is 18.2 Å². The average molecular weight is 348 g/mol. The van der Waals surface area contributed by atoms with E-state index in [0.29, 0.717) is 36.9 Å². The summed E-state index contributed by atoms with van der Waals surface area (Å²) < 4.78 is 10.4. The molecule has 1 aromatic rings. The van der Waals surface area contributed by atoms with Gasteiger partial charge in [0.2, 0.25) is 0 Å². The van der Waals surface area contributed by atoms with Gasteiger partial charge in [0.1, 0.15) is 0 Å². The molecule has 1 saturated carbocycles. The summed E-state index contributed by atoms with van der Waals surface area (Å²) in [6.07, 6.45) is 6.64. The monoisotopic (exact) mass is 348 g/mol. The van der Waals surface area contributed by atoms with Crippen LogP contribution < -0.4 is 20.1 Å². The quantitative estimate of drug-likeness (QED) is 0.705. The fourth-order valence-electron chi connectivity index (χ4n) is 3.21. The highest BCUT2D eigenvalue weighted by atomic mass is 16.5. The molecule has 0 heterocycles. The number of hydrogen-bond donors (Lipinski definition) is 2. The van der Waals surface area contributed by atoms with Gasteiger partial charge in [-0.1, -0.05) is 31.7 Å². The zero-order chi connectivity index (χ0) is 18.1. The van der Waals surface area contributed by atoms with Crippen LogP contribution in [0.2, 0.25) is 0 Å². The van der Waals surface area contributed by atoms with Crippen LogP contribution in [0.25, 0.3) is 0 Å². The number of carbonyl (C=O) groups excluding carboxylic acids is 2. The van der Waals surface area contributed by atoms with Gasteiger partial charge < -0.3 is 20.1 Å². The SMILES string of the molecule is COc1ccc(CCNC(=O)C(=O)NCCC2CCCC2)cc1OC. The molecule has 0 radical (unpaired) electrons. The number of methoxy groups -OCH3 is 2. The molecule has 138 valence electrons. The van der Waals surface area contributed by atoms with Gasteiger partial charge in [0.25, 0.3) is 0 Å². The maximum Gasteiger partial charge on any atom is 0.309 e. The molecule has 1 aliphatic rings. The Morgan fingerprint density at radius 2 is 1.64 bits per heavy atom. The van der Waals surface area contributed by atoms with Crippen LogP contribution in [0.5, 0.6) is 11.5 Å². The third-order valence-corrected chi connectivity index (χ3v) is 4.67. The van der Waals surface area contributed by atoms with Crippen molar-refractivity contribution in [3.05, 3.63) is 23.8 Å². The lowest BCUT2D eigenvalue weighted by molar-refractivity contribution is -0.139. The van der Waals surface area contributed by atoms with E-state index < -0.39 is 11.8 Å². The molecule has 2 N–H and O–H groups in total. The third-order valence-electron chi connectivity index (χ3n) is 4.67. The molecule has 1 aliphatic carbocycles. The third kappa shape index (κ3) is 5.96. The summed E-state index contributed by atoms with van der Waals surface area (Å²) in [5.41, 5.74) is 1.000. The van der Waals surface area contributed by atoms with Gasteiger partial charge in [0, 0.05) is 13.1 Å². The predicted molar refractivity (Wildman–Crippen MR) is 95.8 cm³/mol. The van der Waals surface area contributed by atoms with Crippen molar-refractivity contribution in [1.29, 1.82) is 0 Å². The minimum atomic E-state index is -0.577. The fraction of sp³-hybridized carbons (Fsp3) is 0.579. The Labute approximate surface area is 149 Å². The Bertz CT molecular complexity index is 583. The number of nitrogens with one attached hydrogen (secondary N) is 2. The molecule has 0 atom stereocenters. The molecule has 0 aliphatic heterocycles. The zero-order valence-electron chi connectivity index (χ0n) is 15.1. The Balaban J connectivity index is 1.67. The van der Waals surface area contributed by atoms with Crippen molar-refractivity contribution in [2.45, 2.75) is 38.5 Å². The van der Waals surface area contributed by atoms with Gasteiger partial charge in [-0.2, -0.15) is 0 Å². The van der Waals surface area contributed by atoms with Crippen LogP contribution >= 0.6 is 0 Å². The minimum Gasteiger partial charge on any atom is -0.493 e. The lowest BCUT2D eigenvalue weighted by Gasteiger charge is -2.11. The molecule has 0 unspecified atom stereocenters. The maximum atomic E-state index is 11.8. The van der Waals surface area contributed by atoms with Crippen LogP contribution in [0.1, 0.15) is 37.7 Å². The van der Waals surface area contributed by atoms with Gasteiger partial charge in [0.15, 0.2) is 11.5 Å². The van der Waals surface area contributed by atoms with Gasteiger partial charge in [-0.25, -0.2) is 0 Å². The van der Waals surface area contributed by atoms with Crippen molar-refractivity contribution in [2.75, 3.05) is 27.3 Å². The van der Waals surface area contributed by atoms with Gasteiger partial charge in [-0.3, -0.25) is 9.59 Å². The normalized spacial score (nSPS) is 14.2. The van der Waals surface area contributed by atoms with E-state index in [1.165, 1.54) is 25.7 Å². The van der Waals surface area contributed by atoms with Crippen LogP contribution in [-0.2, 0) is 16.0 Å². The topological polar surface area (TPSA) is 76.7 Å². The first-order valence-corrected chi connectivity index (χ1v) is 8.91. The van der Waals surface area contributed by atoms with E-state index in [9.17, 15) is 9.59 Å². The van der Waals surface area contributed by atoms with Crippen LogP contribution in [0.15, 0.2) is 18.2 Å². The summed E-state index contributed by atoms with van der Waals surface area (Å²) in [5.74, 6) is 0.888. The van der Waals surface area contributed by atoms with E-state index in [4.69, 9.17) is 9.47 Å². The highest BCUT2D eigenvalue weighted by Crippen LogP contribution is 2.28. The second-order valence-corrected chi connectivity index (χ2v) is 6.39. The van der Waals surface area contributed by atoms with Gasteiger partial charge in [-0.15, -0.1) is 0 Å². The molecule has 25 heavy (non-hydrogen) atoms. The molecule has 6 heteroatoms. The first-order valence-electron chi connectivity index (χ1n) is 8.91. The van der Waals surface area contributed by atoms with Crippen molar-refractivity contribution in [3.63, 3.8) is 0 Å². The summed E-state index contributed by atoms with van der Waals surface area (Å²) >= 11 is 0. The maximum absolute atomic E-state index is 11.8. The Hall–Kier alpha value is -2.24. The molecule has 2 amide bonds. The number of amides is 2. The smallest absolute Gasteiger partial charge is 0.309 e. The average Bonchev–Trinajstić information content (AvgIpc) is 3.14. The first-order chi connectivity index (χ1) is 12.1. The molecule has 0 bridgehead atoms. The Kier molecular flexibility index (Phi) is 7.57. The fourth-order valence-corrected chi connectivity index (χ4v) is 3.21. The van der Waals surface area contributed by atoms with E-state index in [1.54, 1.807) is 14.2 Å². The second kappa shape index (κ2) is 9.91.